The Hall–Kier alpha value is -2.68. The minimum atomic E-state index is -4.62. The van der Waals surface area contributed by atoms with Crippen LogP contribution in [0.4, 0.5) is 18.9 Å². The van der Waals surface area contributed by atoms with E-state index in [9.17, 15) is 18.0 Å². The van der Waals surface area contributed by atoms with Gasteiger partial charge in [-0.05, 0) is 55.0 Å². The lowest BCUT2D eigenvalue weighted by molar-refractivity contribution is -0.136. The molecular formula is C19H17F3N4OS. The number of hydrogen-bond donors (Lipinski definition) is 1. The van der Waals surface area contributed by atoms with Crippen molar-refractivity contribution >= 4 is 22.9 Å². The Labute approximate surface area is 163 Å². The number of thiophene rings is 1. The molecule has 5 nitrogen and oxygen atoms in total. The zero-order valence-electron chi connectivity index (χ0n) is 15.0. The van der Waals surface area contributed by atoms with E-state index < -0.39 is 17.6 Å². The average molecular weight is 406 g/mol. The maximum absolute atomic E-state index is 13.6. The number of carbonyl (C=O) groups excluding carboxylic acids is 1. The van der Waals surface area contributed by atoms with Crippen LogP contribution < -0.4 is 5.32 Å². The van der Waals surface area contributed by atoms with Gasteiger partial charge in [-0.25, -0.2) is 9.67 Å². The molecule has 28 heavy (non-hydrogen) atoms. The first-order chi connectivity index (χ1) is 13.3. The number of carbonyl (C=O) groups is 1. The largest absolute Gasteiger partial charge is 0.418 e. The number of nitrogens with zero attached hydrogens (tertiary/aromatic N) is 3. The molecule has 0 saturated carbocycles. The van der Waals surface area contributed by atoms with Crippen LogP contribution in [0.15, 0.2) is 36.9 Å². The summed E-state index contributed by atoms with van der Waals surface area (Å²) in [7, 11) is 0. The van der Waals surface area contributed by atoms with Gasteiger partial charge >= 0.3 is 6.18 Å². The van der Waals surface area contributed by atoms with Gasteiger partial charge in [0.05, 0.1) is 21.8 Å². The first kappa shape index (κ1) is 18.7. The lowest BCUT2D eigenvalue weighted by atomic mass is 9.90. The molecule has 1 atom stereocenters. The van der Waals surface area contributed by atoms with Crippen molar-refractivity contribution in [1.82, 2.24) is 14.8 Å². The number of aryl methyl sites for hydroxylation is 1. The van der Waals surface area contributed by atoms with E-state index >= 15 is 0 Å². The number of anilines is 1. The second-order valence-corrected chi connectivity index (χ2v) is 8.07. The van der Waals surface area contributed by atoms with E-state index in [1.54, 1.807) is 0 Å². The van der Waals surface area contributed by atoms with E-state index in [-0.39, 0.29) is 11.4 Å². The molecular weight excluding hydrogens is 389 g/mol. The summed E-state index contributed by atoms with van der Waals surface area (Å²) in [5.41, 5.74) is 0.139. The van der Waals surface area contributed by atoms with Crippen LogP contribution in [-0.2, 0) is 19.0 Å². The van der Waals surface area contributed by atoms with E-state index in [2.05, 4.69) is 22.3 Å². The fourth-order valence-electron chi connectivity index (χ4n) is 3.36. The van der Waals surface area contributed by atoms with Crippen LogP contribution in [0, 0.1) is 5.92 Å². The van der Waals surface area contributed by atoms with Gasteiger partial charge in [-0.3, -0.25) is 4.79 Å². The third kappa shape index (κ3) is 3.66. The van der Waals surface area contributed by atoms with Crippen LogP contribution in [0.3, 0.4) is 0 Å². The Kier molecular flexibility index (Phi) is 4.70. The highest BCUT2D eigenvalue weighted by molar-refractivity contribution is 7.14. The molecule has 1 aromatic carbocycles. The third-order valence-electron chi connectivity index (χ3n) is 4.79. The molecule has 9 heteroatoms. The molecule has 3 aromatic rings. The SMILES string of the molecule is CC1CCc2sc(C(=O)Nc3ccc(-n4cncn4)cc3C(F)(F)F)cc2C1. The minimum Gasteiger partial charge on any atom is -0.321 e. The molecule has 4 rings (SSSR count). The molecule has 1 amide bonds. The molecule has 2 heterocycles. The summed E-state index contributed by atoms with van der Waals surface area (Å²) in [5, 5.41) is 6.28. The summed E-state index contributed by atoms with van der Waals surface area (Å²) >= 11 is 1.36. The highest BCUT2D eigenvalue weighted by Gasteiger charge is 2.35. The average Bonchev–Trinajstić information content (AvgIpc) is 3.30. The molecule has 0 radical (unpaired) electrons. The van der Waals surface area contributed by atoms with Crippen molar-refractivity contribution in [3.05, 3.63) is 57.8 Å². The number of fused-ring (bicyclic) bond motifs is 1. The number of amides is 1. The highest BCUT2D eigenvalue weighted by atomic mass is 32.1. The number of rotatable bonds is 3. The summed E-state index contributed by atoms with van der Waals surface area (Å²) in [4.78, 5) is 17.9. The van der Waals surface area contributed by atoms with Gasteiger partial charge in [-0.2, -0.15) is 18.3 Å². The third-order valence-corrected chi connectivity index (χ3v) is 6.03. The van der Waals surface area contributed by atoms with E-state index in [1.807, 2.05) is 6.07 Å². The van der Waals surface area contributed by atoms with E-state index in [0.717, 1.165) is 35.8 Å². The maximum atomic E-state index is 13.6. The Morgan fingerprint density at radius 2 is 2.14 bits per heavy atom. The molecule has 2 aromatic heterocycles. The number of nitrogens with one attached hydrogen (secondary N) is 1. The summed E-state index contributed by atoms with van der Waals surface area (Å²) < 4.78 is 41.9. The summed E-state index contributed by atoms with van der Waals surface area (Å²) in [6.07, 6.45) is 0.807. The van der Waals surface area contributed by atoms with Gasteiger partial charge in [0.25, 0.3) is 5.91 Å². The van der Waals surface area contributed by atoms with Gasteiger partial charge < -0.3 is 5.32 Å². The van der Waals surface area contributed by atoms with Gasteiger partial charge in [-0.1, -0.05) is 6.92 Å². The van der Waals surface area contributed by atoms with Gasteiger partial charge in [0.1, 0.15) is 12.7 Å². The van der Waals surface area contributed by atoms with Crippen molar-refractivity contribution in [3.63, 3.8) is 0 Å². The topological polar surface area (TPSA) is 59.8 Å². The smallest absolute Gasteiger partial charge is 0.321 e. The second kappa shape index (κ2) is 7.05. The van der Waals surface area contributed by atoms with Crippen LogP contribution in [0.25, 0.3) is 5.69 Å². The van der Waals surface area contributed by atoms with Gasteiger partial charge in [0.15, 0.2) is 0 Å². The van der Waals surface area contributed by atoms with Gasteiger partial charge in [0, 0.05) is 4.88 Å². The van der Waals surface area contributed by atoms with Crippen molar-refractivity contribution in [2.24, 2.45) is 5.92 Å². The Morgan fingerprint density at radius 3 is 2.86 bits per heavy atom. The molecule has 1 aliphatic rings. The van der Waals surface area contributed by atoms with Crippen LogP contribution >= 0.6 is 11.3 Å². The molecule has 0 aliphatic heterocycles. The highest BCUT2D eigenvalue weighted by Crippen LogP contribution is 2.37. The summed E-state index contributed by atoms with van der Waals surface area (Å²) in [5.74, 6) is 0.0326. The predicted octanol–water partition coefficient (Wildman–Crippen LogP) is 4.72. The second-order valence-electron chi connectivity index (χ2n) is 6.93. The number of hydrogen-bond acceptors (Lipinski definition) is 4. The van der Waals surface area contributed by atoms with E-state index in [4.69, 9.17) is 0 Å². The molecule has 1 aliphatic carbocycles. The summed E-state index contributed by atoms with van der Waals surface area (Å²) in [6, 6.07) is 5.46. The van der Waals surface area contributed by atoms with Crippen molar-refractivity contribution in [1.29, 1.82) is 0 Å². The van der Waals surface area contributed by atoms with Gasteiger partial charge in [0.2, 0.25) is 0 Å². The van der Waals surface area contributed by atoms with E-state index in [1.165, 1.54) is 40.8 Å². The fraction of sp³-hybridized carbons (Fsp3) is 0.316. The Balaban J connectivity index is 1.63. The first-order valence-electron chi connectivity index (χ1n) is 8.80. The lowest BCUT2D eigenvalue weighted by Gasteiger charge is -2.16. The van der Waals surface area contributed by atoms with E-state index in [0.29, 0.717) is 10.8 Å². The first-order valence-corrected chi connectivity index (χ1v) is 9.62. The van der Waals surface area contributed by atoms with Crippen molar-refractivity contribution < 1.29 is 18.0 Å². The lowest BCUT2D eigenvalue weighted by Crippen LogP contribution is -2.16. The normalized spacial score (nSPS) is 16.6. The zero-order valence-corrected chi connectivity index (χ0v) is 15.8. The van der Waals surface area contributed by atoms with Crippen LogP contribution in [-0.4, -0.2) is 20.7 Å². The Morgan fingerprint density at radius 1 is 1.32 bits per heavy atom. The fourth-order valence-corrected chi connectivity index (χ4v) is 4.47. The summed E-state index contributed by atoms with van der Waals surface area (Å²) in [6.45, 7) is 2.16. The quantitative estimate of drug-likeness (QED) is 0.684. The molecule has 146 valence electrons. The number of halogens is 3. The monoisotopic (exact) mass is 406 g/mol. The maximum Gasteiger partial charge on any atom is 0.418 e. The molecule has 0 spiro atoms. The molecule has 0 saturated heterocycles. The number of aromatic nitrogens is 3. The molecule has 1 N–H and O–H groups in total. The van der Waals surface area contributed by atoms with Gasteiger partial charge in [-0.15, -0.1) is 11.3 Å². The number of alkyl halides is 3. The Bertz CT molecular complexity index is 1010. The molecule has 0 fully saturated rings. The minimum absolute atomic E-state index is 0.211. The standard InChI is InChI=1S/C19H17F3N4OS/c1-11-2-5-16-12(6-11)7-17(28-16)18(27)25-15-4-3-13(26-10-23-9-24-26)8-14(15)19(20,21)22/h3-4,7-11H,2,5-6H2,1H3,(H,25,27). The van der Waals surface area contributed by atoms with Crippen molar-refractivity contribution in [2.75, 3.05) is 5.32 Å². The number of benzene rings is 1. The van der Waals surface area contributed by atoms with Crippen molar-refractivity contribution in [3.8, 4) is 5.69 Å². The van der Waals surface area contributed by atoms with Crippen LogP contribution in [0.1, 0.15) is 39.0 Å². The molecule has 0 bridgehead atoms. The predicted molar refractivity (Wildman–Crippen MR) is 99.8 cm³/mol. The molecule has 1 unspecified atom stereocenters. The van der Waals surface area contributed by atoms with Crippen LogP contribution in [0.5, 0.6) is 0 Å². The van der Waals surface area contributed by atoms with Crippen LogP contribution in [0.2, 0.25) is 0 Å². The zero-order chi connectivity index (χ0) is 19.9. The van der Waals surface area contributed by atoms with Crippen molar-refractivity contribution in [2.45, 2.75) is 32.4 Å².